The lowest BCUT2D eigenvalue weighted by atomic mass is 9.97. The fourth-order valence-corrected chi connectivity index (χ4v) is 2.56. The number of hydrogen-bond acceptors (Lipinski definition) is 3. The third-order valence-electron chi connectivity index (χ3n) is 3.61. The maximum absolute atomic E-state index is 12.5. The predicted octanol–water partition coefficient (Wildman–Crippen LogP) is 0.938. The lowest BCUT2D eigenvalue weighted by Crippen LogP contribution is -2.47. The lowest BCUT2D eigenvalue weighted by molar-refractivity contribution is -0.127. The fourth-order valence-electron chi connectivity index (χ4n) is 2.56. The van der Waals surface area contributed by atoms with E-state index in [1.54, 1.807) is 4.90 Å². The number of rotatable bonds is 1. The first-order chi connectivity index (χ1) is 9.25. The van der Waals surface area contributed by atoms with Gasteiger partial charge in [0.15, 0.2) is 0 Å². The molecule has 0 bridgehead atoms. The van der Waals surface area contributed by atoms with E-state index >= 15 is 0 Å². The zero-order chi connectivity index (χ0) is 13.2. The number of piperidine rings is 1. The summed E-state index contributed by atoms with van der Waals surface area (Å²) in [4.78, 5) is 25.5. The molecule has 1 fully saturated rings. The van der Waals surface area contributed by atoms with Crippen molar-refractivity contribution in [3.8, 4) is 5.75 Å². The zero-order valence-corrected chi connectivity index (χ0v) is 10.6. The number of benzene rings is 1. The molecule has 2 aliphatic heterocycles. The van der Waals surface area contributed by atoms with Crippen LogP contribution in [-0.2, 0) is 9.59 Å². The van der Waals surface area contributed by atoms with Crippen LogP contribution in [0.15, 0.2) is 24.3 Å². The topological polar surface area (TPSA) is 58.6 Å². The van der Waals surface area contributed by atoms with Crippen molar-refractivity contribution in [2.45, 2.75) is 12.8 Å². The Morgan fingerprint density at radius 1 is 1.37 bits per heavy atom. The van der Waals surface area contributed by atoms with Crippen molar-refractivity contribution in [3.63, 3.8) is 0 Å². The van der Waals surface area contributed by atoms with Gasteiger partial charge in [-0.05, 0) is 18.6 Å². The van der Waals surface area contributed by atoms with Crippen molar-refractivity contribution in [1.82, 2.24) is 5.32 Å². The molecule has 100 valence electrons. The molecule has 0 spiro atoms. The van der Waals surface area contributed by atoms with Gasteiger partial charge in [-0.15, -0.1) is 0 Å². The molecule has 19 heavy (non-hydrogen) atoms. The molecule has 1 unspecified atom stereocenters. The number of fused-ring (bicyclic) bond motifs is 1. The van der Waals surface area contributed by atoms with Crippen molar-refractivity contribution < 1.29 is 14.3 Å². The van der Waals surface area contributed by atoms with E-state index < -0.39 is 0 Å². The second-order valence-corrected chi connectivity index (χ2v) is 4.85. The standard InChI is InChI=1S/C14H16N2O3/c17-13-6-5-10(9-15-13)14(18)16-7-8-19-12-4-2-1-3-11(12)16/h1-4,10H,5-9H2,(H,15,17). The third kappa shape index (κ3) is 2.28. The second-order valence-electron chi connectivity index (χ2n) is 4.85. The molecule has 1 aromatic carbocycles. The molecular weight excluding hydrogens is 244 g/mol. The van der Waals surface area contributed by atoms with Crippen LogP contribution in [0.1, 0.15) is 12.8 Å². The normalized spacial score (nSPS) is 22.2. The highest BCUT2D eigenvalue weighted by molar-refractivity contribution is 5.97. The predicted molar refractivity (Wildman–Crippen MR) is 70.0 cm³/mol. The molecule has 3 rings (SSSR count). The summed E-state index contributed by atoms with van der Waals surface area (Å²) in [5.41, 5.74) is 0.829. The second kappa shape index (κ2) is 4.91. The molecule has 0 aliphatic carbocycles. The number of carbonyl (C=O) groups excluding carboxylic acids is 2. The Morgan fingerprint density at radius 3 is 3.00 bits per heavy atom. The highest BCUT2D eigenvalue weighted by atomic mass is 16.5. The molecule has 2 aliphatic rings. The van der Waals surface area contributed by atoms with Crippen LogP contribution in [0.2, 0.25) is 0 Å². The Labute approximate surface area is 111 Å². The van der Waals surface area contributed by atoms with Gasteiger partial charge in [-0.1, -0.05) is 12.1 Å². The van der Waals surface area contributed by atoms with Gasteiger partial charge >= 0.3 is 0 Å². The smallest absolute Gasteiger partial charge is 0.232 e. The van der Waals surface area contributed by atoms with Crippen LogP contribution in [0.25, 0.3) is 0 Å². The van der Waals surface area contributed by atoms with Crippen molar-refractivity contribution in [2.75, 3.05) is 24.6 Å². The van der Waals surface area contributed by atoms with Gasteiger partial charge in [0, 0.05) is 13.0 Å². The maximum atomic E-state index is 12.5. The number of hydrogen-bond donors (Lipinski definition) is 1. The molecular formula is C14H16N2O3. The average molecular weight is 260 g/mol. The van der Waals surface area contributed by atoms with Crippen LogP contribution in [-0.4, -0.2) is 31.5 Å². The van der Waals surface area contributed by atoms with Gasteiger partial charge in [0.05, 0.1) is 18.2 Å². The van der Waals surface area contributed by atoms with E-state index in [-0.39, 0.29) is 17.7 Å². The average Bonchev–Trinajstić information content (AvgIpc) is 2.47. The number of nitrogens with zero attached hydrogens (tertiary/aromatic N) is 1. The molecule has 1 N–H and O–H groups in total. The van der Waals surface area contributed by atoms with Crippen molar-refractivity contribution >= 4 is 17.5 Å². The van der Waals surface area contributed by atoms with Gasteiger partial charge in [0.2, 0.25) is 11.8 Å². The van der Waals surface area contributed by atoms with Crippen molar-refractivity contribution in [1.29, 1.82) is 0 Å². The van der Waals surface area contributed by atoms with Crippen molar-refractivity contribution in [2.24, 2.45) is 5.92 Å². The molecule has 2 amide bonds. The van der Waals surface area contributed by atoms with Gasteiger partial charge in [0.1, 0.15) is 12.4 Å². The minimum Gasteiger partial charge on any atom is -0.490 e. The number of amides is 2. The number of para-hydroxylation sites is 2. The first kappa shape index (κ1) is 12.0. The van der Waals surface area contributed by atoms with Crippen LogP contribution in [0, 0.1) is 5.92 Å². The van der Waals surface area contributed by atoms with E-state index in [4.69, 9.17) is 4.74 Å². The summed E-state index contributed by atoms with van der Waals surface area (Å²) < 4.78 is 5.54. The largest absolute Gasteiger partial charge is 0.490 e. The molecule has 0 radical (unpaired) electrons. The third-order valence-corrected chi connectivity index (χ3v) is 3.61. The number of nitrogens with one attached hydrogen (secondary N) is 1. The summed E-state index contributed by atoms with van der Waals surface area (Å²) in [6.45, 7) is 1.53. The van der Waals surface area contributed by atoms with E-state index in [1.807, 2.05) is 24.3 Å². The first-order valence-corrected chi connectivity index (χ1v) is 6.55. The first-order valence-electron chi connectivity index (χ1n) is 6.55. The number of ether oxygens (including phenoxy) is 1. The van der Waals surface area contributed by atoms with Crippen LogP contribution < -0.4 is 15.0 Å². The van der Waals surface area contributed by atoms with Crippen LogP contribution >= 0.6 is 0 Å². The van der Waals surface area contributed by atoms with Crippen molar-refractivity contribution in [3.05, 3.63) is 24.3 Å². The molecule has 5 nitrogen and oxygen atoms in total. The molecule has 0 aromatic heterocycles. The quantitative estimate of drug-likeness (QED) is 0.817. The van der Waals surface area contributed by atoms with E-state index in [0.29, 0.717) is 32.5 Å². The minimum absolute atomic E-state index is 0.0337. The van der Waals surface area contributed by atoms with Gasteiger partial charge in [-0.2, -0.15) is 0 Å². The number of carbonyl (C=O) groups is 2. The summed E-state index contributed by atoms with van der Waals surface area (Å²) >= 11 is 0. The Balaban J connectivity index is 1.79. The summed E-state index contributed by atoms with van der Waals surface area (Å²) in [6, 6.07) is 7.56. The molecule has 1 saturated heterocycles. The zero-order valence-electron chi connectivity index (χ0n) is 10.6. The Kier molecular flexibility index (Phi) is 3.11. The van der Waals surface area contributed by atoms with Gasteiger partial charge in [-0.3, -0.25) is 9.59 Å². The Morgan fingerprint density at radius 2 is 2.21 bits per heavy atom. The van der Waals surface area contributed by atoms with Gasteiger partial charge < -0.3 is 15.0 Å². The Hall–Kier alpha value is -2.04. The molecule has 2 heterocycles. The SMILES string of the molecule is O=C1CCC(C(=O)N2CCOc3ccccc32)CN1. The molecule has 5 heteroatoms. The summed E-state index contributed by atoms with van der Waals surface area (Å²) in [5.74, 6) is 0.743. The number of anilines is 1. The molecule has 1 aromatic rings. The highest BCUT2D eigenvalue weighted by Gasteiger charge is 2.31. The van der Waals surface area contributed by atoms with Gasteiger partial charge in [0.25, 0.3) is 0 Å². The summed E-state index contributed by atoms with van der Waals surface area (Å²) in [6.07, 6.45) is 1.06. The lowest BCUT2D eigenvalue weighted by Gasteiger charge is -2.33. The highest BCUT2D eigenvalue weighted by Crippen LogP contribution is 2.32. The monoisotopic (exact) mass is 260 g/mol. The van der Waals surface area contributed by atoms with Crippen LogP contribution in [0.3, 0.4) is 0 Å². The van der Waals surface area contributed by atoms with Crippen LogP contribution in [0.5, 0.6) is 5.75 Å². The fraction of sp³-hybridized carbons (Fsp3) is 0.429. The van der Waals surface area contributed by atoms with Crippen LogP contribution in [0.4, 0.5) is 5.69 Å². The Bertz CT molecular complexity index is 505. The minimum atomic E-state index is -0.121. The maximum Gasteiger partial charge on any atom is 0.232 e. The van der Waals surface area contributed by atoms with E-state index in [0.717, 1.165) is 11.4 Å². The van der Waals surface area contributed by atoms with E-state index in [2.05, 4.69) is 5.32 Å². The van der Waals surface area contributed by atoms with E-state index in [1.165, 1.54) is 0 Å². The van der Waals surface area contributed by atoms with E-state index in [9.17, 15) is 9.59 Å². The molecule has 1 atom stereocenters. The van der Waals surface area contributed by atoms with Gasteiger partial charge in [-0.25, -0.2) is 0 Å². The summed E-state index contributed by atoms with van der Waals surface area (Å²) in [5, 5.41) is 2.76. The molecule has 0 saturated carbocycles. The summed E-state index contributed by atoms with van der Waals surface area (Å²) in [7, 11) is 0.